The molecule has 0 aromatic heterocycles. The maximum Gasteiger partial charge on any atom is 0.244 e. The summed E-state index contributed by atoms with van der Waals surface area (Å²) in [7, 11) is -3.49. The van der Waals surface area contributed by atoms with Crippen molar-refractivity contribution in [2.45, 2.75) is 25.0 Å². The van der Waals surface area contributed by atoms with Crippen molar-refractivity contribution in [1.82, 2.24) is 5.48 Å². The van der Waals surface area contributed by atoms with Gasteiger partial charge in [0.1, 0.15) is 0 Å². The number of amides is 1. The Bertz CT molecular complexity index is 655. The van der Waals surface area contributed by atoms with Gasteiger partial charge in [-0.05, 0) is 24.6 Å². The number of nitrogens with one attached hydrogen (secondary N) is 1. The molecular formula is C15H19NO5S. The number of aliphatic hydroxyl groups excluding tert-OH is 1. The molecule has 1 unspecified atom stereocenters. The van der Waals surface area contributed by atoms with Gasteiger partial charge in [-0.2, -0.15) is 0 Å². The number of carbonyl (C=O) groups excluding carboxylic acids is 1. The van der Waals surface area contributed by atoms with Gasteiger partial charge in [0.25, 0.3) is 0 Å². The third-order valence-corrected chi connectivity index (χ3v) is 5.25. The fourth-order valence-corrected chi connectivity index (χ4v) is 3.13. The summed E-state index contributed by atoms with van der Waals surface area (Å²) >= 11 is 0. The normalized spacial score (nSPS) is 12.1. The average Bonchev–Trinajstić information content (AvgIpc) is 2.53. The van der Waals surface area contributed by atoms with Crippen molar-refractivity contribution in [2.24, 2.45) is 0 Å². The highest BCUT2D eigenvalue weighted by molar-refractivity contribution is 7.91. The Labute approximate surface area is 130 Å². The molecule has 0 spiro atoms. The first kappa shape index (κ1) is 18.2. The Morgan fingerprint density at radius 2 is 1.95 bits per heavy atom. The van der Waals surface area contributed by atoms with E-state index in [1.807, 2.05) is 0 Å². The van der Waals surface area contributed by atoms with E-state index in [1.54, 1.807) is 31.2 Å². The fourth-order valence-electron chi connectivity index (χ4n) is 1.73. The van der Waals surface area contributed by atoms with E-state index in [9.17, 15) is 13.2 Å². The van der Waals surface area contributed by atoms with Gasteiger partial charge in [-0.1, -0.05) is 24.0 Å². The SMILES string of the molecule is CC(c1ccc(C#CCCO)cc1)S(=O)(=O)CCC(=O)NO. The Kier molecular flexibility index (Phi) is 7.05. The van der Waals surface area contributed by atoms with Crippen LogP contribution >= 0.6 is 0 Å². The predicted molar refractivity (Wildman–Crippen MR) is 81.8 cm³/mol. The molecule has 0 bridgehead atoms. The van der Waals surface area contributed by atoms with Crippen LogP contribution in [0.4, 0.5) is 0 Å². The molecule has 1 aromatic rings. The Morgan fingerprint density at radius 3 is 2.50 bits per heavy atom. The van der Waals surface area contributed by atoms with E-state index in [2.05, 4.69) is 11.8 Å². The van der Waals surface area contributed by atoms with E-state index in [0.29, 0.717) is 12.0 Å². The molecule has 0 fully saturated rings. The highest BCUT2D eigenvalue weighted by atomic mass is 32.2. The minimum absolute atomic E-state index is 0.00176. The van der Waals surface area contributed by atoms with Gasteiger partial charge in [-0.15, -0.1) is 0 Å². The van der Waals surface area contributed by atoms with Crippen LogP contribution < -0.4 is 5.48 Å². The molecule has 1 aromatic carbocycles. The van der Waals surface area contributed by atoms with Crippen molar-refractivity contribution in [3.8, 4) is 11.8 Å². The molecular weight excluding hydrogens is 306 g/mol. The van der Waals surface area contributed by atoms with Crippen molar-refractivity contribution in [2.75, 3.05) is 12.4 Å². The first-order valence-electron chi connectivity index (χ1n) is 6.75. The maximum atomic E-state index is 12.1. The second-order valence-electron chi connectivity index (χ2n) is 4.69. The Balaban J connectivity index is 2.78. The number of hydrogen-bond acceptors (Lipinski definition) is 5. The molecule has 1 atom stereocenters. The minimum Gasteiger partial charge on any atom is -0.395 e. The summed E-state index contributed by atoms with van der Waals surface area (Å²) in [5.74, 6) is 4.58. The zero-order valence-electron chi connectivity index (χ0n) is 12.2. The van der Waals surface area contributed by atoms with E-state index >= 15 is 0 Å². The van der Waals surface area contributed by atoms with Gasteiger partial charge in [0.05, 0.1) is 17.6 Å². The third kappa shape index (κ3) is 5.48. The Morgan fingerprint density at radius 1 is 1.32 bits per heavy atom. The first-order valence-corrected chi connectivity index (χ1v) is 8.46. The minimum atomic E-state index is -3.49. The first-order chi connectivity index (χ1) is 10.4. The summed E-state index contributed by atoms with van der Waals surface area (Å²) in [6, 6.07) is 6.78. The van der Waals surface area contributed by atoms with E-state index in [4.69, 9.17) is 10.3 Å². The van der Waals surface area contributed by atoms with Crippen molar-refractivity contribution in [3.05, 3.63) is 35.4 Å². The number of carbonyl (C=O) groups is 1. The van der Waals surface area contributed by atoms with Crippen LogP contribution in [0.3, 0.4) is 0 Å². The molecule has 1 amide bonds. The van der Waals surface area contributed by atoms with Crippen molar-refractivity contribution in [3.63, 3.8) is 0 Å². The van der Waals surface area contributed by atoms with E-state index < -0.39 is 21.0 Å². The summed E-state index contributed by atoms with van der Waals surface area (Å²) in [4.78, 5) is 10.9. The number of aliphatic hydroxyl groups is 1. The molecule has 6 nitrogen and oxygen atoms in total. The standard InChI is InChI=1S/C15H19NO5S/c1-12(22(20,21)11-9-15(18)16-19)14-7-5-13(6-8-14)4-2-3-10-17/h5-8,12,17,19H,3,9-11H2,1H3,(H,16,18). The van der Waals surface area contributed by atoms with Crippen LogP contribution in [-0.2, 0) is 14.6 Å². The molecule has 0 aliphatic rings. The smallest absolute Gasteiger partial charge is 0.244 e. The summed E-state index contributed by atoms with van der Waals surface area (Å²) in [6.45, 7) is 1.56. The maximum absolute atomic E-state index is 12.1. The predicted octanol–water partition coefficient (Wildman–Crippen LogP) is 0.792. The molecule has 0 aliphatic carbocycles. The second kappa shape index (κ2) is 8.54. The summed E-state index contributed by atoms with van der Waals surface area (Å²) < 4.78 is 24.3. The van der Waals surface area contributed by atoms with Crippen LogP contribution in [-0.4, -0.2) is 37.0 Å². The van der Waals surface area contributed by atoms with Crippen LogP contribution in [0.15, 0.2) is 24.3 Å². The van der Waals surface area contributed by atoms with Crippen LogP contribution in [0.25, 0.3) is 0 Å². The van der Waals surface area contributed by atoms with Crippen molar-refractivity contribution in [1.29, 1.82) is 0 Å². The molecule has 0 heterocycles. The van der Waals surface area contributed by atoms with Crippen molar-refractivity contribution < 1.29 is 23.5 Å². The highest BCUT2D eigenvalue weighted by Gasteiger charge is 2.23. The van der Waals surface area contributed by atoms with Gasteiger partial charge in [0, 0.05) is 18.4 Å². The summed E-state index contributed by atoms with van der Waals surface area (Å²) in [5, 5.41) is 16.3. The van der Waals surface area contributed by atoms with E-state index in [1.165, 1.54) is 5.48 Å². The molecule has 0 aliphatic heterocycles. The molecule has 120 valence electrons. The molecule has 0 saturated carbocycles. The van der Waals surface area contributed by atoms with Gasteiger partial charge in [0.2, 0.25) is 5.91 Å². The van der Waals surface area contributed by atoms with Gasteiger partial charge in [-0.25, -0.2) is 13.9 Å². The highest BCUT2D eigenvalue weighted by Crippen LogP contribution is 2.23. The number of hydroxylamine groups is 1. The lowest BCUT2D eigenvalue weighted by Gasteiger charge is -2.13. The lowest BCUT2D eigenvalue weighted by molar-refractivity contribution is -0.128. The van der Waals surface area contributed by atoms with Gasteiger partial charge >= 0.3 is 0 Å². The molecule has 3 N–H and O–H groups in total. The quantitative estimate of drug-likeness (QED) is 0.408. The van der Waals surface area contributed by atoms with Crippen LogP contribution in [0.5, 0.6) is 0 Å². The van der Waals surface area contributed by atoms with Crippen LogP contribution in [0, 0.1) is 11.8 Å². The monoisotopic (exact) mass is 325 g/mol. The average molecular weight is 325 g/mol. The van der Waals surface area contributed by atoms with E-state index in [-0.39, 0.29) is 18.8 Å². The molecule has 7 heteroatoms. The van der Waals surface area contributed by atoms with Crippen LogP contribution in [0.2, 0.25) is 0 Å². The summed E-state index contributed by atoms with van der Waals surface area (Å²) in [5.41, 5.74) is 2.76. The Hall–Kier alpha value is -1.88. The second-order valence-corrected chi connectivity index (χ2v) is 7.13. The molecule has 22 heavy (non-hydrogen) atoms. The number of hydrogen-bond donors (Lipinski definition) is 3. The lowest BCUT2D eigenvalue weighted by atomic mass is 10.1. The number of rotatable bonds is 6. The third-order valence-electron chi connectivity index (χ3n) is 3.13. The molecule has 1 rings (SSSR count). The fraction of sp³-hybridized carbons (Fsp3) is 0.400. The zero-order valence-corrected chi connectivity index (χ0v) is 13.1. The zero-order chi connectivity index (χ0) is 16.6. The lowest BCUT2D eigenvalue weighted by Crippen LogP contribution is -2.23. The van der Waals surface area contributed by atoms with Gasteiger partial charge in [0.15, 0.2) is 9.84 Å². The summed E-state index contributed by atoms with van der Waals surface area (Å²) in [6.07, 6.45) is 0.105. The largest absolute Gasteiger partial charge is 0.395 e. The number of benzene rings is 1. The van der Waals surface area contributed by atoms with Gasteiger partial charge in [-0.3, -0.25) is 10.0 Å². The molecule has 0 radical (unpaired) electrons. The van der Waals surface area contributed by atoms with Gasteiger partial charge < -0.3 is 5.11 Å². The van der Waals surface area contributed by atoms with E-state index in [0.717, 1.165) is 5.56 Å². The topological polar surface area (TPSA) is 104 Å². The number of sulfone groups is 1. The molecule has 0 saturated heterocycles. The van der Waals surface area contributed by atoms with Crippen LogP contribution in [0.1, 0.15) is 36.1 Å². The van der Waals surface area contributed by atoms with Crippen molar-refractivity contribution >= 4 is 15.7 Å².